The molecule has 0 aliphatic heterocycles. The summed E-state index contributed by atoms with van der Waals surface area (Å²) in [6.45, 7) is 11.6. The van der Waals surface area contributed by atoms with Gasteiger partial charge in [-0.15, -0.1) is 0 Å². The fourth-order valence-corrected chi connectivity index (χ4v) is 2.83. The average Bonchev–Trinajstić information content (AvgIpc) is 2.40. The van der Waals surface area contributed by atoms with E-state index < -0.39 is 0 Å². The summed E-state index contributed by atoms with van der Waals surface area (Å²) in [6, 6.07) is 4.88. The molecule has 0 aromatic heterocycles. The zero-order chi connectivity index (χ0) is 11.2. The molecule has 0 saturated carbocycles. The molecule has 0 saturated heterocycles. The summed E-state index contributed by atoms with van der Waals surface area (Å²) in [5.74, 6) is 0.645. The van der Waals surface area contributed by atoms with Gasteiger partial charge in [0.05, 0.1) is 0 Å². The highest BCUT2D eigenvalue weighted by Crippen LogP contribution is 2.40. The van der Waals surface area contributed by atoms with Crippen molar-refractivity contribution in [1.29, 1.82) is 0 Å². The van der Waals surface area contributed by atoms with Gasteiger partial charge in [0.15, 0.2) is 0 Å². The molecule has 0 heterocycles. The van der Waals surface area contributed by atoms with Crippen molar-refractivity contribution in [2.45, 2.75) is 58.8 Å². The van der Waals surface area contributed by atoms with E-state index in [0.717, 1.165) is 0 Å². The van der Waals surface area contributed by atoms with Gasteiger partial charge in [-0.2, -0.15) is 0 Å². The van der Waals surface area contributed by atoms with Crippen molar-refractivity contribution in [2.24, 2.45) is 0 Å². The third-order valence-corrected chi connectivity index (χ3v) is 3.86. The Bertz CT molecular complexity index is 383. The van der Waals surface area contributed by atoms with Gasteiger partial charge in [0.1, 0.15) is 0 Å². The lowest BCUT2D eigenvalue weighted by atomic mass is 9.83. The molecule has 0 spiro atoms. The molecule has 1 aromatic rings. The minimum absolute atomic E-state index is 0.396. The van der Waals surface area contributed by atoms with Crippen LogP contribution < -0.4 is 0 Å². The Morgan fingerprint density at radius 2 is 1.87 bits per heavy atom. The normalized spacial score (nSPS) is 18.3. The molecule has 1 aliphatic carbocycles. The highest BCUT2D eigenvalue weighted by molar-refractivity contribution is 5.45. The van der Waals surface area contributed by atoms with E-state index in [-0.39, 0.29) is 0 Å². The number of hydrogen-bond acceptors (Lipinski definition) is 0. The lowest BCUT2D eigenvalue weighted by Gasteiger charge is -2.21. The largest absolute Gasteiger partial charge is 0.0587 e. The molecule has 0 heteroatoms. The van der Waals surface area contributed by atoms with E-state index in [9.17, 15) is 0 Å². The molecule has 1 aromatic carbocycles. The lowest BCUT2D eigenvalue weighted by Crippen LogP contribution is -2.12. The van der Waals surface area contributed by atoms with E-state index in [1.54, 1.807) is 11.1 Å². The minimum Gasteiger partial charge on any atom is -0.0587 e. The van der Waals surface area contributed by atoms with Crippen molar-refractivity contribution in [3.63, 3.8) is 0 Å². The van der Waals surface area contributed by atoms with Crippen molar-refractivity contribution >= 4 is 0 Å². The van der Waals surface area contributed by atoms with Crippen molar-refractivity contribution in [3.8, 4) is 0 Å². The quantitative estimate of drug-likeness (QED) is 0.635. The minimum atomic E-state index is 0.396. The SMILES string of the molecule is Cc1cc2c(cc1C(C)C)C(C)(C)CC2. The van der Waals surface area contributed by atoms with Crippen LogP contribution in [0, 0.1) is 6.92 Å². The fraction of sp³-hybridized carbons (Fsp3) is 0.600. The standard InChI is InChI=1S/C15H22/c1-10(2)13-9-14-12(8-11(13)3)6-7-15(14,4)5/h8-10H,6-7H2,1-5H3. The highest BCUT2D eigenvalue weighted by atomic mass is 14.3. The Morgan fingerprint density at radius 3 is 2.47 bits per heavy atom. The van der Waals surface area contributed by atoms with E-state index in [1.807, 2.05) is 0 Å². The highest BCUT2D eigenvalue weighted by Gasteiger charge is 2.30. The number of aryl methyl sites for hydroxylation is 2. The van der Waals surface area contributed by atoms with E-state index in [0.29, 0.717) is 11.3 Å². The zero-order valence-corrected chi connectivity index (χ0v) is 10.6. The maximum atomic E-state index is 2.46. The van der Waals surface area contributed by atoms with Crippen LogP contribution in [0.3, 0.4) is 0 Å². The molecule has 15 heavy (non-hydrogen) atoms. The molecule has 0 amide bonds. The first-order chi connectivity index (χ1) is 6.92. The second kappa shape index (κ2) is 3.37. The van der Waals surface area contributed by atoms with Crippen LogP contribution in [0.5, 0.6) is 0 Å². The monoisotopic (exact) mass is 202 g/mol. The summed E-state index contributed by atoms with van der Waals surface area (Å²) in [5, 5.41) is 0. The molecule has 2 rings (SSSR count). The number of rotatable bonds is 1. The summed E-state index contributed by atoms with van der Waals surface area (Å²) in [6.07, 6.45) is 2.57. The van der Waals surface area contributed by atoms with Crippen LogP contribution in [0.4, 0.5) is 0 Å². The molecule has 0 N–H and O–H groups in total. The predicted octanol–water partition coefficient (Wildman–Crippen LogP) is 4.34. The van der Waals surface area contributed by atoms with Crippen LogP contribution in [0.1, 0.15) is 62.3 Å². The topological polar surface area (TPSA) is 0 Å². The second-order valence-corrected chi connectivity index (χ2v) is 5.90. The summed E-state index contributed by atoms with van der Waals surface area (Å²) < 4.78 is 0. The summed E-state index contributed by atoms with van der Waals surface area (Å²) in [4.78, 5) is 0. The Hall–Kier alpha value is -0.780. The van der Waals surface area contributed by atoms with Gasteiger partial charge in [0, 0.05) is 0 Å². The van der Waals surface area contributed by atoms with E-state index >= 15 is 0 Å². The fourth-order valence-electron chi connectivity index (χ4n) is 2.83. The smallest absolute Gasteiger partial charge is 0.00976 e. The Morgan fingerprint density at radius 1 is 1.20 bits per heavy atom. The van der Waals surface area contributed by atoms with Gasteiger partial charge in [-0.1, -0.05) is 39.8 Å². The summed E-state index contributed by atoms with van der Waals surface area (Å²) in [5.41, 5.74) is 6.58. The van der Waals surface area contributed by atoms with Gasteiger partial charge in [-0.05, 0) is 53.4 Å². The lowest BCUT2D eigenvalue weighted by molar-refractivity contribution is 0.521. The first kappa shape index (κ1) is 10.7. The van der Waals surface area contributed by atoms with Crippen LogP contribution >= 0.6 is 0 Å². The first-order valence-electron chi connectivity index (χ1n) is 6.06. The molecule has 0 atom stereocenters. The van der Waals surface area contributed by atoms with Crippen LogP contribution in [0.15, 0.2) is 12.1 Å². The second-order valence-electron chi connectivity index (χ2n) is 5.90. The van der Waals surface area contributed by atoms with Gasteiger partial charge in [-0.25, -0.2) is 0 Å². The Balaban J connectivity index is 2.57. The molecular formula is C15H22. The number of hydrogen-bond donors (Lipinski definition) is 0. The van der Waals surface area contributed by atoms with Crippen LogP contribution in [-0.2, 0) is 11.8 Å². The van der Waals surface area contributed by atoms with Crippen molar-refractivity contribution < 1.29 is 0 Å². The van der Waals surface area contributed by atoms with Crippen molar-refractivity contribution in [2.75, 3.05) is 0 Å². The summed E-state index contributed by atoms with van der Waals surface area (Å²) >= 11 is 0. The first-order valence-corrected chi connectivity index (χ1v) is 6.06. The predicted molar refractivity (Wildman–Crippen MR) is 66.6 cm³/mol. The zero-order valence-electron chi connectivity index (χ0n) is 10.6. The van der Waals surface area contributed by atoms with Gasteiger partial charge >= 0.3 is 0 Å². The average molecular weight is 202 g/mol. The molecule has 0 fully saturated rings. The third-order valence-electron chi connectivity index (χ3n) is 3.86. The van der Waals surface area contributed by atoms with E-state index in [2.05, 4.69) is 46.8 Å². The Labute approximate surface area is 93.7 Å². The van der Waals surface area contributed by atoms with E-state index in [1.165, 1.54) is 24.0 Å². The number of fused-ring (bicyclic) bond motifs is 1. The molecule has 1 aliphatic rings. The van der Waals surface area contributed by atoms with Gasteiger partial charge in [0.25, 0.3) is 0 Å². The Kier molecular flexibility index (Phi) is 2.41. The van der Waals surface area contributed by atoms with Crippen molar-refractivity contribution in [3.05, 3.63) is 34.4 Å². The maximum Gasteiger partial charge on any atom is -0.00976 e. The molecule has 82 valence electrons. The van der Waals surface area contributed by atoms with Gasteiger partial charge < -0.3 is 0 Å². The molecule has 0 bridgehead atoms. The maximum absolute atomic E-state index is 2.46. The van der Waals surface area contributed by atoms with Crippen molar-refractivity contribution in [1.82, 2.24) is 0 Å². The van der Waals surface area contributed by atoms with Crippen LogP contribution in [0.2, 0.25) is 0 Å². The molecular weight excluding hydrogens is 180 g/mol. The number of benzene rings is 1. The van der Waals surface area contributed by atoms with E-state index in [4.69, 9.17) is 0 Å². The van der Waals surface area contributed by atoms with Gasteiger partial charge in [-0.3, -0.25) is 0 Å². The summed E-state index contributed by atoms with van der Waals surface area (Å²) in [7, 11) is 0. The molecule has 0 unspecified atom stereocenters. The van der Waals surface area contributed by atoms with Crippen LogP contribution in [0.25, 0.3) is 0 Å². The molecule has 0 radical (unpaired) electrons. The van der Waals surface area contributed by atoms with Gasteiger partial charge in [0.2, 0.25) is 0 Å². The van der Waals surface area contributed by atoms with Crippen LogP contribution in [-0.4, -0.2) is 0 Å². The third kappa shape index (κ3) is 1.71. The molecule has 0 nitrogen and oxygen atoms in total.